The zero-order valence-electron chi connectivity index (χ0n) is 10.4. The number of carbonyl (C=O) groups is 2. The maximum absolute atomic E-state index is 11.0. The molecule has 0 radical (unpaired) electrons. The summed E-state index contributed by atoms with van der Waals surface area (Å²) in [5.41, 5.74) is 0.506. The highest BCUT2D eigenvalue weighted by Gasteiger charge is 2.04. The van der Waals surface area contributed by atoms with E-state index in [1.165, 1.54) is 0 Å². The molecule has 1 N–H and O–H groups in total. The fourth-order valence-corrected chi connectivity index (χ4v) is 0.584. The predicted molar refractivity (Wildman–Crippen MR) is 64.7 cm³/mol. The fraction of sp³-hybridized carbons (Fsp3) is 0.500. The third-order valence-corrected chi connectivity index (χ3v) is 1.56. The van der Waals surface area contributed by atoms with Crippen LogP contribution < -0.4 is 0 Å². The molecule has 0 aromatic heterocycles. The summed E-state index contributed by atoms with van der Waals surface area (Å²) < 4.78 is 9.82. The third-order valence-electron chi connectivity index (χ3n) is 1.56. The van der Waals surface area contributed by atoms with Crippen molar-refractivity contribution in [3.63, 3.8) is 0 Å². The lowest BCUT2D eigenvalue weighted by atomic mass is 10.2. The van der Waals surface area contributed by atoms with Gasteiger partial charge in [0.1, 0.15) is 6.61 Å². The molecule has 98 valence electrons. The standard InChI is InChI=1S/C9H16O3.C3H4O2/c1-4-8(3)9(10)12-7-6-11-5-2;1-2-3(4)5/h3-7H2,1-2H3;2H,1H2,(H,4,5). The number of carboxylic acid groups (broad SMARTS) is 1. The van der Waals surface area contributed by atoms with Gasteiger partial charge in [0.2, 0.25) is 0 Å². The Balaban J connectivity index is 0. The number of rotatable bonds is 7. The lowest BCUT2D eigenvalue weighted by molar-refractivity contribution is -0.140. The van der Waals surface area contributed by atoms with Crippen LogP contribution in [0.3, 0.4) is 0 Å². The molecular formula is C12H20O5. The number of carbonyl (C=O) groups excluding carboxylic acids is 1. The summed E-state index contributed by atoms with van der Waals surface area (Å²) in [5.74, 6) is -1.30. The van der Waals surface area contributed by atoms with Gasteiger partial charge in [0, 0.05) is 18.3 Å². The van der Waals surface area contributed by atoms with Crippen LogP contribution in [0.4, 0.5) is 0 Å². The molecule has 17 heavy (non-hydrogen) atoms. The molecule has 0 aliphatic carbocycles. The van der Waals surface area contributed by atoms with Gasteiger partial charge in [-0.05, 0) is 13.3 Å². The fourth-order valence-electron chi connectivity index (χ4n) is 0.584. The second kappa shape index (κ2) is 12.4. The summed E-state index contributed by atoms with van der Waals surface area (Å²) in [6.07, 6.45) is 1.47. The minimum absolute atomic E-state index is 0.311. The maximum atomic E-state index is 11.0. The Hall–Kier alpha value is -1.62. The van der Waals surface area contributed by atoms with Crippen LogP contribution in [0.15, 0.2) is 24.8 Å². The molecule has 0 bridgehead atoms. The highest BCUT2D eigenvalue weighted by Crippen LogP contribution is 1.98. The van der Waals surface area contributed by atoms with Crippen LogP contribution in [0.25, 0.3) is 0 Å². The molecule has 0 aliphatic heterocycles. The molecule has 5 nitrogen and oxygen atoms in total. The molecule has 0 fully saturated rings. The highest BCUT2D eigenvalue weighted by atomic mass is 16.6. The van der Waals surface area contributed by atoms with E-state index in [0.717, 1.165) is 6.08 Å². The van der Waals surface area contributed by atoms with E-state index in [-0.39, 0.29) is 5.97 Å². The van der Waals surface area contributed by atoms with Crippen molar-refractivity contribution in [2.45, 2.75) is 20.3 Å². The largest absolute Gasteiger partial charge is 0.478 e. The molecule has 5 heteroatoms. The predicted octanol–water partition coefficient (Wildman–Crippen LogP) is 1.79. The van der Waals surface area contributed by atoms with E-state index in [0.29, 0.717) is 31.8 Å². The normalized spacial score (nSPS) is 8.59. The number of carboxylic acids is 1. The van der Waals surface area contributed by atoms with E-state index in [9.17, 15) is 9.59 Å². The topological polar surface area (TPSA) is 72.8 Å². The summed E-state index contributed by atoms with van der Waals surface area (Å²) in [7, 11) is 0. The highest BCUT2D eigenvalue weighted by molar-refractivity contribution is 5.87. The van der Waals surface area contributed by atoms with Crippen molar-refractivity contribution in [1.29, 1.82) is 0 Å². The molecule has 0 rings (SSSR count). The van der Waals surface area contributed by atoms with E-state index in [1.807, 2.05) is 13.8 Å². The Morgan fingerprint density at radius 2 is 1.82 bits per heavy atom. The van der Waals surface area contributed by atoms with Gasteiger partial charge in [0.15, 0.2) is 0 Å². The quantitative estimate of drug-likeness (QED) is 0.420. The lowest BCUT2D eigenvalue weighted by Crippen LogP contribution is -2.11. The van der Waals surface area contributed by atoms with Gasteiger partial charge in [-0.2, -0.15) is 0 Å². The van der Waals surface area contributed by atoms with Crippen LogP contribution in [0, 0.1) is 0 Å². The van der Waals surface area contributed by atoms with Crippen LogP contribution in [0.2, 0.25) is 0 Å². The van der Waals surface area contributed by atoms with Gasteiger partial charge in [0.05, 0.1) is 6.61 Å². The van der Waals surface area contributed by atoms with Crippen molar-refractivity contribution in [2.24, 2.45) is 0 Å². The minimum atomic E-state index is -0.981. The summed E-state index contributed by atoms with van der Waals surface area (Å²) >= 11 is 0. The first-order valence-corrected chi connectivity index (χ1v) is 5.27. The molecule has 0 heterocycles. The number of hydrogen-bond donors (Lipinski definition) is 1. The zero-order chi connectivity index (χ0) is 13.7. The first-order chi connectivity index (χ1) is 7.99. The molecule has 0 spiro atoms. The first-order valence-electron chi connectivity index (χ1n) is 5.27. The van der Waals surface area contributed by atoms with Crippen molar-refractivity contribution in [1.82, 2.24) is 0 Å². The molecule has 0 unspecified atom stereocenters. The SMILES string of the molecule is C=C(CC)C(=O)OCCOCC.C=CC(=O)O. The average Bonchev–Trinajstić information content (AvgIpc) is 2.33. The van der Waals surface area contributed by atoms with Crippen molar-refractivity contribution >= 4 is 11.9 Å². The minimum Gasteiger partial charge on any atom is -0.478 e. The second-order valence-electron chi connectivity index (χ2n) is 2.83. The van der Waals surface area contributed by atoms with Gasteiger partial charge >= 0.3 is 11.9 Å². The van der Waals surface area contributed by atoms with Gasteiger partial charge in [0.25, 0.3) is 0 Å². The Labute approximate surface area is 102 Å². The molecule has 0 aliphatic rings. The summed E-state index contributed by atoms with van der Waals surface area (Å²) in [4.78, 5) is 20.2. The number of hydrogen-bond acceptors (Lipinski definition) is 4. The Kier molecular flexibility index (Phi) is 13.0. The van der Waals surface area contributed by atoms with E-state index in [4.69, 9.17) is 14.6 Å². The summed E-state index contributed by atoms with van der Waals surface area (Å²) in [6.45, 7) is 11.7. The van der Waals surface area contributed by atoms with Gasteiger partial charge in [-0.15, -0.1) is 0 Å². The zero-order valence-corrected chi connectivity index (χ0v) is 10.4. The number of esters is 1. The number of ether oxygens (including phenoxy) is 2. The molecule has 0 saturated heterocycles. The maximum Gasteiger partial charge on any atom is 0.333 e. The van der Waals surface area contributed by atoms with Crippen molar-refractivity contribution < 1.29 is 24.2 Å². The van der Waals surface area contributed by atoms with Crippen molar-refractivity contribution in [3.05, 3.63) is 24.8 Å². The first kappa shape index (κ1) is 17.8. The van der Waals surface area contributed by atoms with Gasteiger partial charge in [-0.3, -0.25) is 0 Å². The van der Waals surface area contributed by atoms with Crippen LogP contribution in [-0.4, -0.2) is 36.9 Å². The Bertz CT molecular complexity index is 258. The second-order valence-corrected chi connectivity index (χ2v) is 2.83. The number of aliphatic carboxylic acids is 1. The Morgan fingerprint density at radius 3 is 2.18 bits per heavy atom. The summed E-state index contributed by atoms with van der Waals surface area (Å²) in [5, 5.41) is 7.60. The molecule has 0 aromatic rings. The molecule has 0 aromatic carbocycles. The van der Waals surface area contributed by atoms with Crippen LogP contribution >= 0.6 is 0 Å². The van der Waals surface area contributed by atoms with E-state index < -0.39 is 5.97 Å². The third kappa shape index (κ3) is 14.4. The van der Waals surface area contributed by atoms with Crippen LogP contribution in [0.1, 0.15) is 20.3 Å². The summed E-state index contributed by atoms with van der Waals surface area (Å²) in [6, 6.07) is 0. The molecular weight excluding hydrogens is 224 g/mol. The van der Waals surface area contributed by atoms with Gasteiger partial charge < -0.3 is 14.6 Å². The Morgan fingerprint density at radius 1 is 1.29 bits per heavy atom. The van der Waals surface area contributed by atoms with Crippen LogP contribution in [0.5, 0.6) is 0 Å². The van der Waals surface area contributed by atoms with Crippen molar-refractivity contribution in [2.75, 3.05) is 19.8 Å². The average molecular weight is 244 g/mol. The molecule has 0 amide bonds. The smallest absolute Gasteiger partial charge is 0.333 e. The van der Waals surface area contributed by atoms with E-state index in [2.05, 4.69) is 13.2 Å². The van der Waals surface area contributed by atoms with Crippen molar-refractivity contribution in [3.8, 4) is 0 Å². The van der Waals surface area contributed by atoms with E-state index in [1.54, 1.807) is 0 Å². The molecule has 0 atom stereocenters. The van der Waals surface area contributed by atoms with Gasteiger partial charge in [-0.25, -0.2) is 9.59 Å². The molecule has 0 saturated carbocycles. The van der Waals surface area contributed by atoms with E-state index >= 15 is 0 Å². The monoisotopic (exact) mass is 244 g/mol. The lowest BCUT2D eigenvalue weighted by Gasteiger charge is -2.04. The van der Waals surface area contributed by atoms with Crippen LogP contribution in [-0.2, 0) is 19.1 Å². The van der Waals surface area contributed by atoms with Gasteiger partial charge in [-0.1, -0.05) is 20.1 Å².